The molecule has 11 heteroatoms. The van der Waals surface area contributed by atoms with E-state index in [1.54, 1.807) is 23.1 Å². The molecule has 3 aliphatic rings. The summed E-state index contributed by atoms with van der Waals surface area (Å²) in [6, 6.07) is 10.4. The molecule has 10 nitrogen and oxygen atoms in total. The standard InChI is InChI=1S/C25H25ClN4O6/c26-16-5-8-19-18(12-16)25(36-24(35)29-19)9-10-30(13-25)22(32)20(11-14-1-2-14)28-21(31)15-3-6-17(7-4-15)27-23(33)34/h3-8,12,14,20,27H,1-2,9-11,13H2,(H,28,31)(H,29,35)(H,33,34)/t20-,25+/m0/s1. The highest BCUT2D eigenvalue weighted by molar-refractivity contribution is 6.30. The zero-order chi connectivity index (χ0) is 25.4. The van der Waals surface area contributed by atoms with Crippen LogP contribution in [0.1, 0.15) is 41.6 Å². The van der Waals surface area contributed by atoms with Gasteiger partial charge in [-0.25, -0.2) is 9.59 Å². The average Bonchev–Trinajstić information content (AvgIpc) is 3.56. The topological polar surface area (TPSA) is 137 Å². The van der Waals surface area contributed by atoms with Crippen LogP contribution in [-0.4, -0.2) is 53.1 Å². The third-order valence-corrected chi connectivity index (χ3v) is 7.04. The summed E-state index contributed by atoms with van der Waals surface area (Å²) in [5.41, 5.74) is 0.979. The predicted molar refractivity (Wildman–Crippen MR) is 131 cm³/mol. The Bertz CT molecular complexity index is 1230. The summed E-state index contributed by atoms with van der Waals surface area (Å²) in [6.45, 7) is 0.532. The Kier molecular flexibility index (Phi) is 6.21. The van der Waals surface area contributed by atoms with Gasteiger partial charge in [0.2, 0.25) is 5.91 Å². The van der Waals surface area contributed by atoms with E-state index in [0.717, 1.165) is 18.4 Å². The van der Waals surface area contributed by atoms with Crippen LogP contribution in [0.4, 0.5) is 21.0 Å². The van der Waals surface area contributed by atoms with Gasteiger partial charge in [0.25, 0.3) is 5.91 Å². The van der Waals surface area contributed by atoms with Crippen molar-refractivity contribution < 1.29 is 29.0 Å². The monoisotopic (exact) mass is 512 g/mol. The van der Waals surface area contributed by atoms with E-state index in [9.17, 15) is 19.2 Å². The van der Waals surface area contributed by atoms with Crippen molar-refractivity contribution in [1.29, 1.82) is 0 Å². The maximum Gasteiger partial charge on any atom is 0.412 e. The lowest BCUT2D eigenvalue weighted by atomic mass is 9.90. The lowest BCUT2D eigenvalue weighted by Gasteiger charge is -2.35. The fraction of sp³-hybridized carbons (Fsp3) is 0.360. The number of amides is 4. The molecule has 0 radical (unpaired) electrons. The number of anilines is 2. The van der Waals surface area contributed by atoms with Crippen molar-refractivity contribution in [2.75, 3.05) is 23.7 Å². The van der Waals surface area contributed by atoms with Gasteiger partial charge in [-0.1, -0.05) is 24.4 Å². The number of ether oxygens (including phenoxy) is 1. The van der Waals surface area contributed by atoms with Crippen molar-refractivity contribution in [3.05, 3.63) is 58.6 Å². The second-order valence-electron chi connectivity index (χ2n) is 9.42. The third kappa shape index (κ3) is 4.94. The first-order chi connectivity index (χ1) is 17.2. The van der Waals surface area contributed by atoms with Crippen LogP contribution in [-0.2, 0) is 15.1 Å². The molecule has 1 spiro atoms. The minimum absolute atomic E-state index is 0.166. The van der Waals surface area contributed by atoms with Crippen LogP contribution >= 0.6 is 11.6 Å². The van der Waals surface area contributed by atoms with Gasteiger partial charge in [-0.3, -0.25) is 20.2 Å². The zero-order valence-electron chi connectivity index (χ0n) is 19.3. The van der Waals surface area contributed by atoms with Crippen LogP contribution in [0.15, 0.2) is 42.5 Å². The van der Waals surface area contributed by atoms with Gasteiger partial charge < -0.3 is 20.1 Å². The molecule has 2 atom stereocenters. The van der Waals surface area contributed by atoms with Crippen molar-refractivity contribution in [1.82, 2.24) is 10.2 Å². The summed E-state index contributed by atoms with van der Waals surface area (Å²) in [6.07, 6.45) is 1.18. The molecule has 2 aromatic carbocycles. The van der Waals surface area contributed by atoms with Crippen LogP contribution < -0.4 is 16.0 Å². The van der Waals surface area contributed by atoms with Gasteiger partial charge in [-0.2, -0.15) is 0 Å². The molecular weight excluding hydrogens is 488 g/mol. The van der Waals surface area contributed by atoms with Crippen molar-refractivity contribution in [2.24, 2.45) is 5.92 Å². The SMILES string of the molecule is O=C(O)Nc1ccc(C(=O)N[C@@H](CC2CC2)C(=O)N2CC[C@]3(C2)OC(=O)Nc2ccc(Cl)cc23)cc1. The fourth-order valence-corrected chi connectivity index (χ4v) is 5.01. The zero-order valence-corrected chi connectivity index (χ0v) is 20.0. The number of benzene rings is 2. The smallest absolute Gasteiger partial charge is 0.412 e. The van der Waals surface area contributed by atoms with Crippen molar-refractivity contribution in [3.8, 4) is 0 Å². The molecule has 5 rings (SSSR count). The van der Waals surface area contributed by atoms with E-state index in [1.807, 2.05) is 0 Å². The second-order valence-corrected chi connectivity index (χ2v) is 9.86. The van der Waals surface area contributed by atoms with E-state index in [1.165, 1.54) is 24.3 Å². The lowest BCUT2D eigenvalue weighted by Crippen LogP contribution is -2.50. The number of hydrogen-bond acceptors (Lipinski definition) is 5. The maximum atomic E-state index is 13.6. The van der Waals surface area contributed by atoms with Crippen molar-refractivity contribution >= 4 is 47.0 Å². The van der Waals surface area contributed by atoms with E-state index in [-0.39, 0.29) is 12.5 Å². The Morgan fingerprint density at radius 2 is 1.94 bits per heavy atom. The number of rotatable bonds is 6. The van der Waals surface area contributed by atoms with Gasteiger partial charge in [0.15, 0.2) is 5.60 Å². The fourth-order valence-electron chi connectivity index (χ4n) is 4.84. The second kappa shape index (κ2) is 9.34. The number of carbonyl (C=O) groups is 4. The van der Waals surface area contributed by atoms with Crippen LogP contribution in [0.2, 0.25) is 5.02 Å². The normalized spacial score (nSPS) is 21.2. The minimum atomic E-state index is -1.20. The number of likely N-dealkylation sites (tertiary alicyclic amines) is 1. The van der Waals surface area contributed by atoms with Crippen LogP contribution in [0, 0.1) is 5.92 Å². The molecule has 2 heterocycles. The number of fused-ring (bicyclic) bond motifs is 2. The van der Waals surface area contributed by atoms with Crippen molar-refractivity contribution in [2.45, 2.75) is 37.3 Å². The molecule has 0 unspecified atom stereocenters. The van der Waals surface area contributed by atoms with Gasteiger partial charge in [0, 0.05) is 34.8 Å². The molecule has 36 heavy (non-hydrogen) atoms. The minimum Gasteiger partial charge on any atom is -0.465 e. The summed E-state index contributed by atoms with van der Waals surface area (Å²) in [4.78, 5) is 51.2. The first-order valence-electron chi connectivity index (χ1n) is 11.7. The molecule has 1 saturated carbocycles. The Morgan fingerprint density at radius 3 is 2.64 bits per heavy atom. The highest BCUT2D eigenvalue weighted by Gasteiger charge is 2.49. The first-order valence-corrected chi connectivity index (χ1v) is 12.1. The quantitative estimate of drug-likeness (QED) is 0.461. The van der Waals surface area contributed by atoms with Gasteiger partial charge in [0.05, 0.1) is 12.2 Å². The molecule has 1 saturated heterocycles. The van der Waals surface area contributed by atoms with Crippen LogP contribution in [0.25, 0.3) is 0 Å². The molecule has 4 N–H and O–H groups in total. The molecule has 2 fully saturated rings. The highest BCUT2D eigenvalue weighted by Crippen LogP contribution is 2.44. The Balaban J connectivity index is 1.32. The Hall–Kier alpha value is -3.79. The van der Waals surface area contributed by atoms with E-state index >= 15 is 0 Å². The number of carbonyl (C=O) groups excluding carboxylic acids is 3. The van der Waals surface area contributed by atoms with Gasteiger partial charge in [-0.05, 0) is 54.8 Å². The summed E-state index contributed by atoms with van der Waals surface area (Å²) < 4.78 is 5.72. The molecule has 2 aromatic rings. The summed E-state index contributed by atoms with van der Waals surface area (Å²) in [5.74, 6) is -0.279. The van der Waals surface area contributed by atoms with Gasteiger partial charge in [0.1, 0.15) is 6.04 Å². The lowest BCUT2D eigenvalue weighted by molar-refractivity contribution is -0.133. The number of carboxylic acid groups (broad SMARTS) is 1. The van der Waals surface area contributed by atoms with Crippen molar-refractivity contribution in [3.63, 3.8) is 0 Å². The third-order valence-electron chi connectivity index (χ3n) is 6.81. The van der Waals surface area contributed by atoms with Crippen LogP contribution in [0.3, 0.4) is 0 Å². The van der Waals surface area contributed by atoms with E-state index in [4.69, 9.17) is 21.4 Å². The number of hydrogen-bond donors (Lipinski definition) is 4. The largest absolute Gasteiger partial charge is 0.465 e. The van der Waals surface area contributed by atoms with Gasteiger partial charge in [-0.15, -0.1) is 0 Å². The molecular formula is C25H25ClN4O6. The molecule has 188 valence electrons. The molecule has 2 aliphatic heterocycles. The average molecular weight is 513 g/mol. The van der Waals surface area contributed by atoms with Gasteiger partial charge >= 0.3 is 12.2 Å². The Morgan fingerprint density at radius 1 is 1.19 bits per heavy atom. The summed E-state index contributed by atoms with van der Waals surface area (Å²) in [5, 5.41) is 17.1. The number of halogens is 1. The molecule has 0 aromatic heterocycles. The maximum absolute atomic E-state index is 13.6. The van der Waals surface area contributed by atoms with E-state index in [2.05, 4.69) is 16.0 Å². The number of nitrogens with zero attached hydrogens (tertiary/aromatic N) is 1. The van der Waals surface area contributed by atoms with E-state index < -0.39 is 29.7 Å². The summed E-state index contributed by atoms with van der Waals surface area (Å²) >= 11 is 6.21. The summed E-state index contributed by atoms with van der Waals surface area (Å²) in [7, 11) is 0. The molecule has 4 amide bonds. The number of nitrogens with one attached hydrogen (secondary N) is 3. The Labute approximate surface area is 211 Å². The molecule has 1 aliphatic carbocycles. The first kappa shape index (κ1) is 23.9. The highest BCUT2D eigenvalue weighted by atomic mass is 35.5. The predicted octanol–water partition coefficient (Wildman–Crippen LogP) is 4.02. The van der Waals surface area contributed by atoms with Crippen LogP contribution in [0.5, 0.6) is 0 Å². The molecule has 0 bridgehead atoms. The van der Waals surface area contributed by atoms with E-state index in [0.29, 0.717) is 47.3 Å².